The van der Waals surface area contributed by atoms with Crippen LogP contribution >= 0.6 is 0 Å². The number of nitrogens with zero attached hydrogens (tertiary/aromatic N) is 2. The number of urea groups is 1. The van der Waals surface area contributed by atoms with E-state index in [4.69, 9.17) is 4.74 Å². The summed E-state index contributed by atoms with van der Waals surface area (Å²) < 4.78 is 7.97. The molecule has 2 aromatic rings. The first-order chi connectivity index (χ1) is 11.7. The number of pyridine rings is 1. The number of nitrogens with one attached hydrogen (secondary N) is 2. The van der Waals surface area contributed by atoms with Crippen molar-refractivity contribution in [2.75, 3.05) is 6.61 Å². The molecule has 0 radical (unpaired) electrons. The lowest BCUT2D eigenvalue weighted by atomic mass is 9.89. The molecular weight excluding hydrogens is 304 g/mol. The Bertz CT molecular complexity index is 721. The minimum absolute atomic E-state index is 0.0297. The van der Waals surface area contributed by atoms with Gasteiger partial charge < -0.3 is 19.8 Å². The van der Waals surface area contributed by atoms with Crippen LogP contribution in [0.1, 0.15) is 44.1 Å². The van der Waals surface area contributed by atoms with Gasteiger partial charge in [0, 0.05) is 37.8 Å². The molecule has 0 aromatic carbocycles. The SMILES string of the molecule is O=C(NCc1ccn2ccnc2c1)N[C@@H]1CCOC2(CCCC2)C1. The first-order valence-electron chi connectivity index (χ1n) is 8.82. The third kappa shape index (κ3) is 3.24. The molecule has 2 amide bonds. The average molecular weight is 328 g/mol. The Morgan fingerprint density at radius 3 is 3.12 bits per heavy atom. The molecule has 1 saturated carbocycles. The zero-order valence-corrected chi connectivity index (χ0v) is 13.8. The fourth-order valence-electron chi connectivity index (χ4n) is 4.00. The second-order valence-electron chi connectivity index (χ2n) is 6.98. The Morgan fingerprint density at radius 2 is 2.25 bits per heavy atom. The highest BCUT2D eigenvalue weighted by Gasteiger charge is 2.40. The lowest BCUT2D eigenvalue weighted by Crippen LogP contribution is -2.49. The molecule has 6 heteroatoms. The van der Waals surface area contributed by atoms with Crippen LogP contribution in [0.3, 0.4) is 0 Å². The number of carbonyl (C=O) groups is 1. The number of amides is 2. The number of hydrogen-bond donors (Lipinski definition) is 2. The monoisotopic (exact) mass is 328 g/mol. The number of rotatable bonds is 3. The number of imidazole rings is 1. The van der Waals surface area contributed by atoms with Gasteiger partial charge in [0.15, 0.2) is 0 Å². The van der Waals surface area contributed by atoms with E-state index in [1.54, 1.807) is 6.20 Å². The highest BCUT2D eigenvalue weighted by molar-refractivity contribution is 5.74. The fourth-order valence-corrected chi connectivity index (χ4v) is 4.00. The maximum Gasteiger partial charge on any atom is 0.315 e. The van der Waals surface area contributed by atoms with Crippen LogP contribution in [-0.2, 0) is 11.3 Å². The molecule has 2 aliphatic rings. The van der Waals surface area contributed by atoms with Gasteiger partial charge in [-0.25, -0.2) is 9.78 Å². The number of fused-ring (bicyclic) bond motifs is 1. The van der Waals surface area contributed by atoms with Gasteiger partial charge in [-0.05, 0) is 43.4 Å². The Balaban J connectivity index is 1.30. The number of ether oxygens (including phenoxy) is 1. The minimum atomic E-state index is -0.0988. The standard InChI is InChI=1S/C18H24N4O2/c23-17(20-13-14-3-8-22-9-7-19-16(22)11-14)21-15-4-10-24-18(12-15)5-1-2-6-18/h3,7-9,11,15H,1-2,4-6,10,12-13H2,(H2,20,21,23)/t15-/m1/s1. The smallest absolute Gasteiger partial charge is 0.315 e. The van der Waals surface area contributed by atoms with E-state index in [1.165, 1.54) is 12.8 Å². The lowest BCUT2D eigenvalue weighted by molar-refractivity contribution is -0.0820. The third-order valence-corrected chi connectivity index (χ3v) is 5.26. The predicted molar refractivity (Wildman–Crippen MR) is 90.7 cm³/mol. The van der Waals surface area contributed by atoms with Gasteiger partial charge in [0.2, 0.25) is 0 Å². The van der Waals surface area contributed by atoms with Crippen LogP contribution in [0.15, 0.2) is 30.7 Å². The van der Waals surface area contributed by atoms with E-state index in [0.717, 1.165) is 43.5 Å². The maximum absolute atomic E-state index is 12.2. The van der Waals surface area contributed by atoms with E-state index in [9.17, 15) is 4.79 Å². The van der Waals surface area contributed by atoms with E-state index < -0.39 is 0 Å². The van der Waals surface area contributed by atoms with Crippen LogP contribution in [0.5, 0.6) is 0 Å². The van der Waals surface area contributed by atoms with Gasteiger partial charge in [0.25, 0.3) is 0 Å². The van der Waals surface area contributed by atoms with Crippen molar-refractivity contribution in [3.63, 3.8) is 0 Å². The number of hydrogen-bond acceptors (Lipinski definition) is 3. The molecule has 2 fully saturated rings. The summed E-state index contributed by atoms with van der Waals surface area (Å²) in [6.07, 6.45) is 12.2. The largest absolute Gasteiger partial charge is 0.375 e. The molecule has 3 heterocycles. The van der Waals surface area contributed by atoms with E-state index in [-0.39, 0.29) is 17.7 Å². The summed E-state index contributed by atoms with van der Waals surface area (Å²) >= 11 is 0. The highest BCUT2D eigenvalue weighted by atomic mass is 16.5. The van der Waals surface area contributed by atoms with Crippen molar-refractivity contribution in [1.82, 2.24) is 20.0 Å². The van der Waals surface area contributed by atoms with Gasteiger partial charge in [-0.15, -0.1) is 0 Å². The van der Waals surface area contributed by atoms with E-state index >= 15 is 0 Å². The van der Waals surface area contributed by atoms with Gasteiger partial charge in [0.05, 0.1) is 5.60 Å². The van der Waals surface area contributed by atoms with Gasteiger partial charge in [-0.1, -0.05) is 12.8 Å². The Labute approximate surface area is 141 Å². The van der Waals surface area contributed by atoms with Crippen LogP contribution in [0, 0.1) is 0 Å². The molecule has 6 nitrogen and oxygen atoms in total. The Kier molecular flexibility index (Phi) is 4.14. The van der Waals surface area contributed by atoms with Gasteiger partial charge in [-0.2, -0.15) is 0 Å². The Morgan fingerprint density at radius 1 is 1.38 bits per heavy atom. The molecular formula is C18H24N4O2. The first-order valence-corrected chi connectivity index (χ1v) is 8.82. The van der Waals surface area contributed by atoms with Crippen LogP contribution in [0.4, 0.5) is 4.79 Å². The summed E-state index contributed by atoms with van der Waals surface area (Å²) in [5.74, 6) is 0. The molecule has 0 bridgehead atoms. The van der Waals surface area contributed by atoms with E-state index in [0.29, 0.717) is 6.54 Å². The van der Waals surface area contributed by atoms with Crippen LogP contribution < -0.4 is 10.6 Å². The zero-order valence-electron chi connectivity index (χ0n) is 13.8. The van der Waals surface area contributed by atoms with Crippen molar-refractivity contribution in [1.29, 1.82) is 0 Å². The second-order valence-corrected chi connectivity index (χ2v) is 6.98. The maximum atomic E-state index is 12.2. The predicted octanol–water partition coefficient (Wildman–Crippen LogP) is 2.63. The van der Waals surface area contributed by atoms with E-state index in [1.807, 2.05) is 28.9 Å². The highest BCUT2D eigenvalue weighted by Crippen LogP contribution is 2.39. The molecule has 1 aliphatic carbocycles. The van der Waals surface area contributed by atoms with Crippen molar-refractivity contribution in [3.05, 3.63) is 36.3 Å². The van der Waals surface area contributed by atoms with Gasteiger partial charge in [-0.3, -0.25) is 0 Å². The molecule has 1 atom stereocenters. The van der Waals surface area contributed by atoms with Gasteiger partial charge in [0.1, 0.15) is 5.65 Å². The average Bonchev–Trinajstić information content (AvgIpc) is 3.22. The van der Waals surface area contributed by atoms with Crippen LogP contribution in [-0.4, -0.2) is 33.7 Å². The molecule has 1 saturated heterocycles. The van der Waals surface area contributed by atoms with Crippen molar-refractivity contribution in [2.45, 2.75) is 56.7 Å². The minimum Gasteiger partial charge on any atom is -0.375 e. The normalized spacial score (nSPS) is 22.8. The van der Waals surface area contributed by atoms with Crippen molar-refractivity contribution in [2.24, 2.45) is 0 Å². The number of aromatic nitrogens is 2. The summed E-state index contributed by atoms with van der Waals surface area (Å²) in [5.41, 5.74) is 1.97. The third-order valence-electron chi connectivity index (χ3n) is 5.26. The fraction of sp³-hybridized carbons (Fsp3) is 0.556. The molecule has 1 spiro atoms. The second kappa shape index (κ2) is 6.43. The summed E-state index contributed by atoms with van der Waals surface area (Å²) in [5, 5.41) is 6.08. The molecule has 4 rings (SSSR count). The quantitative estimate of drug-likeness (QED) is 0.910. The molecule has 0 unspecified atom stereocenters. The van der Waals surface area contributed by atoms with Crippen molar-refractivity contribution < 1.29 is 9.53 Å². The first kappa shape index (κ1) is 15.4. The molecule has 128 valence electrons. The Hall–Kier alpha value is -2.08. The lowest BCUT2D eigenvalue weighted by Gasteiger charge is -2.38. The van der Waals surface area contributed by atoms with Crippen molar-refractivity contribution in [3.8, 4) is 0 Å². The number of carbonyl (C=O) groups excluding carboxylic acids is 1. The van der Waals surface area contributed by atoms with Crippen LogP contribution in [0.2, 0.25) is 0 Å². The summed E-state index contributed by atoms with van der Waals surface area (Å²) in [6, 6.07) is 4.10. The van der Waals surface area contributed by atoms with Crippen LogP contribution in [0.25, 0.3) is 5.65 Å². The molecule has 2 aromatic heterocycles. The topological polar surface area (TPSA) is 67.7 Å². The zero-order chi connectivity index (χ0) is 16.4. The molecule has 24 heavy (non-hydrogen) atoms. The summed E-state index contributed by atoms with van der Waals surface area (Å²) in [7, 11) is 0. The summed E-state index contributed by atoms with van der Waals surface area (Å²) in [6.45, 7) is 1.26. The van der Waals surface area contributed by atoms with Gasteiger partial charge >= 0.3 is 6.03 Å². The van der Waals surface area contributed by atoms with Crippen molar-refractivity contribution >= 4 is 11.7 Å². The molecule has 1 aliphatic heterocycles. The van der Waals surface area contributed by atoms with E-state index in [2.05, 4.69) is 15.6 Å². The summed E-state index contributed by atoms with van der Waals surface area (Å²) in [4.78, 5) is 16.5. The molecule has 2 N–H and O–H groups in total.